The molecule has 0 saturated heterocycles. The van der Waals surface area contributed by atoms with Gasteiger partial charge in [-0.3, -0.25) is 0 Å². The Kier molecular flexibility index (Phi) is 4.94. The van der Waals surface area contributed by atoms with E-state index in [9.17, 15) is 0 Å². The summed E-state index contributed by atoms with van der Waals surface area (Å²) in [6.07, 6.45) is 2.12. The highest BCUT2D eigenvalue weighted by atomic mass is 32.1. The lowest BCUT2D eigenvalue weighted by Crippen LogP contribution is -2.47. The second-order valence-electron chi connectivity index (χ2n) is 5.67. The summed E-state index contributed by atoms with van der Waals surface area (Å²) in [6, 6.07) is 10.4. The van der Waals surface area contributed by atoms with Crippen molar-refractivity contribution in [1.82, 2.24) is 14.8 Å². The molecule has 1 atom stereocenters. The number of benzene rings is 1. The molecule has 128 valence electrons. The van der Waals surface area contributed by atoms with E-state index in [0.717, 1.165) is 41.8 Å². The quantitative estimate of drug-likeness (QED) is 0.863. The molecule has 0 radical (unpaired) electrons. The monoisotopic (exact) mass is 345 g/mol. The van der Waals surface area contributed by atoms with Gasteiger partial charge in [0.15, 0.2) is 16.6 Å². The van der Waals surface area contributed by atoms with Gasteiger partial charge in [0.05, 0.1) is 20.3 Å². The average molecular weight is 345 g/mol. The van der Waals surface area contributed by atoms with Crippen molar-refractivity contribution < 1.29 is 9.47 Å². The van der Waals surface area contributed by atoms with E-state index in [1.165, 1.54) is 5.69 Å². The third kappa shape index (κ3) is 2.94. The van der Waals surface area contributed by atoms with Crippen molar-refractivity contribution in [3.63, 3.8) is 0 Å². The van der Waals surface area contributed by atoms with Crippen LogP contribution < -0.4 is 14.8 Å². The Balaban J connectivity index is 2.05. The minimum atomic E-state index is 0.0557. The Morgan fingerprint density at radius 3 is 2.71 bits per heavy atom. The molecular formula is C18H23N3O2S. The van der Waals surface area contributed by atoms with Crippen LogP contribution in [0, 0.1) is 0 Å². The summed E-state index contributed by atoms with van der Waals surface area (Å²) < 4.78 is 13.1. The summed E-state index contributed by atoms with van der Waals surface area (Å²) in [4.78, 5) is 2.25. The van der Waals surface area contributed by atoms with Gasteiger partial charge >= 0.3 is 0 Å². The summed E-state index contributed by atoms with van der Waals surface area (Å²) in [7, 11) is 3.31. The number of thiocarbonyl (C=S) groups is 1. The Morgan fingerprint density at radius 2 is 2.00 bits per heavy atom. The number of aromatic nitrogens is 1. The van der Waals surface area contributed by atoms with E-state index in [1.54, 1.807) is 14.2 Å². The number of ether oxygens (including phenoxy) is 2. The Bertz CT molecular complexity index is 729. The molecule has 0 aliphatic carbocycles. The maximum atomic E-state index is 5.61. The van der Waals surface area contributed by atoms with Crippen LogP contribution >= 0.6 is 12.2 Å². The number of nitrogens with zero attached hydrogens (tertiary/aromatic N) is 2. The summed E-state index contributed by atoms with van der Waals surface area (Å²) in [5, 5.41) is 4.06. The Hall–Kier alpha value is -2.21. The van der Waals surface area contributed by atoms with E-state index in [2.05, 4.69) is 46.1 Å². The predicted molar refractivity (Wildman–Crippen MR) is 98.8 cm³/mol. The van der Waals surface area contributed by atoms with Crippen LogP contribution in [0.1, 0.15) is 24.2 Å². The van der Waals surface area contributed by atoms with E-state index in [1.807, 2.05) is 12.1 Å². The van der Waals surface area contributed by atoms with Gasteiger partial charge in [0.1, 0.15) is 0 Å². The van der Waals surface area contributed by atoms with Gasteiger partial charge in [0.25, 0.3) is 0 Å². The van der Waals surface area contributed by atoms with Crippen molar-refractivity contribution in [3.8, 4) is 11.5 Å². The molecule has 1 aromatic heterocycles. The number of fused-ring (bicyclic) bond motifs is 1. The van der Waals surface area contributed by atoms with E-state index in [0.29, 0.717) is 0 Å². The van der Waals surface area contributed by atoms with Crippen LogP contribution in [0.5, 0.6) is 11.5 Å². The van der Waals surface area contributed by atoms with E-state index >= 15 is 0 Å². The molecule has 2 heterocycles. The second kappa shape index (κ2) is 7.13. The lowest BCUT2D eigenvalue weighted by molar-refractivity contribution is 0.285. The first kappa shape index (κ1) is 16.6. The molecule has 1 aliphatic rings. The maximum absolute atomic E-state index is 5.61. The van der Waals surface area contributed by atoms with Crippen LogP contribution in [0.15, 0.2) is 36.5 Å². The predicted octanol–water partition coefficient (Wildman–Crippen LogP) is 2.80. The van der Waals surface area contributed by atoms with Crippen LogP contribution in [0.25, 0.3) is 0 Å². The molecule has 0 unspecified atom stereocenters. The number of methoxy groups -OCH3 is 2. The molecule has 6 heteroatoms. The van der Waals surface area contributed by atoms with E-state index < -0.39 is 0 Å². The number of hydrogen-bond acceptors (Lipinski definition) is 3. The summed E-state index contributed by atoms with van der Waals surface area (Å²) in [5.74, 6) is 1.46. The maximum Gasteiger partial charge on any atom is 0.169 e. The SMILES string of the molecule is CCNC(=S)N1CCn2cccc2[C@H]1c1ccc(OC)c(OC)c1. The minimum absolute atomic E-state index is 0.0557. The first-order valence-corrected chi connectivity index (χ1v) is 8.51. The van der Waals surface area contributed by atoms with Gasteiger partial charge in [0, 0.05) is 31.5 Å². The molecule has 0 saturated carbocycles. The van der Waals surface area contributed by atoms with Crippen molar-refractivity contribution in [2.45, 2.75) is 19.5 Å². The standard InChI is InChI=1S/C18H23N3O2S/c1-4-19-18(24)21-11-10-20-9-5-6-14(20)17(21)13-7-8-15(22-2)16(12-13)23-3/h5-9,12,17H,4,10-11H2,1-3H3,(H,19,24)/t17-/m1/s1. The fourth-order valence-corrected chi connectivity index (χ4v) is 3.57. The first-order chi connectivity index (χ1) is 11.7. The smallest absolute Gasteiger partial charge is 0.169 e. The Labute approximate surface area is 148 Å². The normalized spacial score (nSPS) is 16.5. The molecule has 1 aliphatic heterocycles. The van der Waals surface area contributed by atoms with Gasteiger partial charge in [-0.05, 0) is 49.0 Å². The first-order valence-electron chi connectivity index (χ1n) is 8.11. The van der Waals surface area contributed by atoms with Gasteiger partial charge in [-0.1, -0.05) is 6.07 Å². The Morgan fingerprint density at radius 1 is 1.21 bits per heavy atom. The van der Waals surface area contributed by atoms with Crippen LogP contribution in [0.3, 0.4) is 0 Å². The fraction of sp³-hybridized carbons (Fsp3) is 0.389. The molecule has 5 nitrogen and oxygen atoms in total. The fourth-order valence-electron chi connectivity index (χ4n) is 3.23. The topological polar surface area (TPSA) is 38.7 Å². The number of nitrogens with one attached hydrogen (secondary N) is 1. The highest BCUT2D eigenvalue weighted by Gasteiger charge is 2.30. The van der Waals surface area contributed by atoms with Gasteiger partial charge in [-0.2, -0.15) is 0 Å². The zero-order chi connectivity index (χ0) is 17.1. The van der Waals surface area contributed by atoms with Crippen LogP contribution in [0.4, 0.5) is 0 Å². The lowest BCUT2D eigenvalue weighted by atomic mass is 9.99. The molecule has 0 bridgehead atoms. The second-order valence-corrected chi connectivity index (χ2v) is 6.06. The third-order valence-corrected chi connectivity index (χ3v) is 4.73. The molecule has 1 aromatic carbocycles. The van der Waals surface area contributed by atoms with Crippen LogP contribution in [-0.2, 0) is 6.54 Å². The summed E-state index contributed by atoms with van der Waals surface area (Å²) in [5.41, 5.74) is 2.36. The molecule has 3 rings (SSSR count). The largest absolute Gasteiger partial charge is 0.493 e. The van der Waals surface area contributed by atoms with E-state index in [4.69, 9.17) is 21.7 Å². The third-order valence-electron chi connectivity index (χ3n) is 4.35. The molecule has 0 amide bonds. The summed E-state index contributed by atoms with van der Waals surface area (Å²) in [6.45, 7) is 4.67. The lowest BCUT2D eigenvalue weighted by Gasteiger charge is -2.39. The van der Waals surface area contributed by atoms with Gasteiger partial charge in [0.2, 0.25) is 0 Å². The molecule has 0 spiro atoms. The minimum Gasteiger partial charge on any atom is -0.493 e. The molecule has 2 aromatic rings. The zero-order valence-electron chi connectivity index (χ0n) is 14.3. The van der Waals surface area contributed by atoms with Gasteiger partial charge < -0.3 is 24.3 Å². The van der Waals surface area contributed by atoms with Gasteiger partial charge in [-0.15, -0.1) is 0 Å². The molecular weight excluding hydrogens is 322 g/mol. The van der Waals surface area contributed by atoms with Crippen molar-refractivity contribution in [3.05, 3.63) is 47.8 Å². The number of rotatable bonds is 4. The highest BCUT2D eigenvalue weighted by molar-refractivity contribution is 7.80. The van der Waals surface area contributed by atoms with Crippen molar-refractivity contribution in [2.24, 2.45) is 0 Å². The van der Waals surface area contributed by atoms with Crippen molar-refractivity contribution in [1.29, 1.82) is 0 Å². The van der Waals surface area contributed by atoms with Gasteiger partial charge in [-0.25, -0.2) is 0 Å². The zero-order valence-corrected chi connectivity index (χ0v) is 15.1. The van der Waals surface area contributed by atoms with Crippen LogP contribution in [0.2, 0.25) is 0 Å². The molecule has 1 N–H and O–H groups in total. The van der Waals surface area contributed by atoms with Crippen molar-refractivity contribution >= 4 is 17.3 Å². The molecule has 24 heavy (non-hydrogen) atoms. The van der Waals surface area contributed by atoms with Crippen LogP contribution in [-0.4, -0.2) is 41.9 Å². The van der Waals surface area contributed by atoms with Crippen molar-refractivity contribution in [2.75, 3.05) is 27.3 Å². The van der Waals surface area contributed by atoms with E-state index in [-0.39, 0.29) is 6.04 Å². The average Bonchev–Trinajstić information content (AvgIpc) is 3.09. The highest BCUT2D eigenvalue weighted by Crippen LogP contribution is 2.37. The summed E-state index contributed by atoms with van der Waals surface area (Å²) >= 11 is 5.61. The number of hydrogen-bond donors (Lipinski definition) is 1. The molecule has 0 fully saturated rings.